The number of hydrogen-bond acceptors (Lipinski definition) is 6. The third-order valence-corrected chi connectivity index (χ3v) is 5.33. The Morgan fingerprint density at radius 3 is 2.71 bits per heavy atom. The third kappa shape index (κ3) is 3.37. The van der Waals surface area contributed by atoms with E-state index in [0.717, 1.165) is 20.1 Å². The van der Waals surface area contributed by atoms with Crippen LogP contribution in [0.25, 0.3) is 16.3 Å². The molecule has 0 aliphatic carbocycles. The maximum Gasteiger partial charge on any atom is 0.167 e. The molecular formula is C18H14N2O2S2. The molecule has 120 valence electrons. The van der Waals surface area contributed by atoms with E-state index in [-0.39, 0.29) is 0 Å². The number of ether oxygens (including phenoxy) is 2. The van der Waals surface area contributed by atoms with Gasteiger partial charge in [0, 0.05) is 5.56 Å². The Morgan fingerprint density at radius 2 is 2.00 bits per heavy atom. The van der Waals surface area contributed by atoms with Gasteiger partial charge in [0.05, 0.1) is 29.3 Å². The average Bonchev–Trinajstić information content (AvgIpc) is 3.03. The zero-order valence-corrected chi connectivity index (χ0v) is 14.8. The van der Waals surface area contributed by atoms with Gasteiger partial charge in [0.2, 0.25) is 0 Å². The quantitative estimate of drug-likeness (QED) is 0.478. The minimum atomic E-state index is 0.542. The first-order valence-corrected chi connectivity index (χ1v) is 8.74. The van der Waals surface area contributed by atoms with E-state index in [1.807, 2.05) is 42.5 Å². The molecule has 2 aromatic carbocycles. The van der Waals surface area contributed by atoms with Gasteiger partial charge in [0.25, 0.3) is 0 Å². The second-order valence-electron chi connectivity index (χ2n) is 4.75. The smallest absolute Gasteiger partial charge is 0.167 e. The number of thiazole rings is 1. The molecule has 0 saturated heterocycles. The monoisotopic (exact) mass is 354 g/mol. The van der Waals surface area contributed by atoms with Gasteiger partial charge in [-0.05, 0) is 36.0 Å². The number of thioether (sulfide) groups is 1. The number of fused-ring (bicyclic) bond motifs is 1. The van der Waals surface area contributed by atoms with Gasteiger partial charge in [-0.15, -0.1) is 11.3 Å². The molecule has 0 radical (unpaired) electrons. The van der Waals surface area contributed by atoms with E-state index in [1.54, 1.807) is 31.6 Å². The number of benzene rings is 2. The van der Waals surface area contributed by atoms with Crippen molar-refractivity contribution in [3.05, 3.63) is 52.9 Å². The van der Waals surface area contributed by atoms with Crippen LogP contribution < -0.4 is 9.47 Å². The van der Waals surface area contributed by atoms with Crippen LogP contribution in [0.3, 0.4) is 0 Å². The first-order chi connectivity index (χ1) is 11.7. The number of rotatable bonds is 5. The predicted octanol–water partition coefficient (Wildman–Crippen LogP) is 4.97. The number of methoxy groups -OCH3 is 2. The van der Waals surface area contributed by atoms with Crippen molar-refractivity contribution in [2.45, 2.75) is 4.34 Å². The van der Waals surface area contributed by atoms with Crippen molar-refractivity contribution in [1.29, 1.82) is 5.26 Å². The van der Waals surface area contributed by atoms with Gasteiger partial charge in [-0.2, -0.15) is 5.26 Å². The van der Waals surface area contributed by atoms with E-state index in [9.17, 15) is 5.26 Å². The molecule has 0 unspecified atom stereocenters. The summed E-state index contributed by atoms with van der Waals surface area (Å²) in [6.45, 7) is 0. The molecule has 6 heteroatoms. The van der Waals surface area contributed by atoms with Crippen LogP contribution in [0.5, 0.6) is 11.5 Å². The molecule has 0 saturated carbocycles. The van der Waals surface area contributed by atoms with E-state index in [1.165, 1.54) is 11.8 Å². The number of hydrogen-bond donors (Lipinski definition) is 0. The summed E-state index contributed by atoms with van der Waals surface area (Å²) < 4.78 is 12.7. The van der Waals surface area contributed by atoms with Crippen LogP contribution in [0.15, 0.2) is 51.7 Å². The Hall–Kier alpha value is -2.49. The lowest BCUT2D eigenvalue weighted by atomic mass is 10.1. The zero-order valence-electron chi connectivity index (χ0n) is 13.1. The van der Waals surface area contributed by atoms with Crippen LogP contribution in [0, 0.1) is 11.3 Å². The van der Waals surface area contributed by atoms with E-state index in [4.69, 9.17) is 9.47 Å². The Labute approximate surface area is 148 Å². The molecule has 0 fully saturated rings. The minimum Gasteiger partial charge on any atom is -0.493 e. The standard InChI is InChI=1S/C18H14N2O2S2/c1-21-15-8-5-6-12(17(15)22-2)10-13(11-19)23-18-20-14-7-3-4-9-16(14)24-18/h3-10H,1-2H3. The maximum absolute atomic E-state index is 9.48. The van der Waals surface area contributed by atoms with Gasteiger partial charge in [-0.25, -0.2) is 4.98 Å². The second-order valence-corrected chi connectivity index (χ2v) is 7.07. The average molecular weight is 354 g/mol. The van der Waals surface area contributed by atoms with Crippen LogP contribution in [0.2, 0.25) is 0 Å². The summed E-state index contributed by atoms with van der Waals surface area (Å²) in [7, 11) is 3.17. The molecule has 0 spiro atoms. The summed E-state index contributed by atoms with van der Waals surface area (Å²) in [5.74, 6) is 1.24. The maximum atomic E-state index is 9.48. The molecule has 4 nitrogen and oxygen atoms in total. The summed E-state index contributed by atoms with van der Waals surface area (Å²) in [5.41, 5.74) is 1.74. The molecule has 0 aliphatic heterocycles. The first kappa shape index (κ1) is 16.4. The second kappa shape index (κ2) is 7.39. The van der Waals surface area contributed by atoms with Gasteiger partial charge in [-0.3, -0.25) is 0 Å². The largest absolute Gasteiger partial charge is 0.493 e. The van der Waals surface area contributed by atoms with Crippen molar-refractivity contribution >= 4 is 39.4 Å². The van der Waals surface area contributed by atoms with Crippen LogP contribution >= 0.6 is 23.1 Å². The molecular weight excluding hydrogens is 340 g/mol. The summed E-state index contributed by atoms with van der Waals surface area (Å²) in [6.07, 6.45) is 1.79. The lowest BCUT2D eigenvalue weighted by Gasteiger charge is -2.10. The Morgan fingerprint density at radius 1 is 1.17 bits per heavy atom. The Kier molecular flexibility index (Phi) is 5.04. The van der Waals surface area contributed by atoms with Crippen molar-refractivity contribution in [2.24, 2.45) is 0 Å². The fourth-order valence-electron chi connectivity index (χ4n) is 2.24. The highest BCUT2D eigenvalue weighted by Gasteiger charge is 2.11. The number of aromatic nitrogens is 1. The number of allylic oxidation sites excluding steroid dienone is 1. The van der Waals surface area contributed by atoms with Gasteiger partial charge in [0.15, 0.2) is 15.8 Å². The van der Waals surface area contributed by atoms with Crippen molar-refractivity contribution in [1.82, 2.24) is 4.98 Å². The van der Waals surface area contributed by atoms with Crippen molar-refractivity contribution < 1.29 is 9.47 Å². The van der Waals surface area contributed by atoms with Crippen molar-refractivity contribution in [3.63, 3.8) is 0 Å². The SMILES string of the molecule is COc1cccc(C=C(C#N)Sc2nc3ccccc3s2)c1OC. The molecule has 0 N–H and O–H groups in total. The van der Waals surface area contributed by atoms with Crippen LogP contribution in [0.4, 0.5) is 0 Å². The number of para-hydroxylation sites is 2. The minimum absolute atomic E-state index is 0.542. The highest BCUT2D eigenvalue weighted by Crippen LogP contribution is 2.37. The third-order valence-electron chi connectivity index (χ3n) is 3.30. The first-order valence-electron chi connectivity index (χ1n) is 7.11. The summed E-state index contributed by atoms with van der Waals surface area (Å²) in [6, 6.07) is 15.7. The van der Waals surface area contributed by atoms with Gasteiger partial charge in [0.1, 0.15) is 6.07 Å². The Bertz CT molecular complexity index is 909. The predicted molar refractivity (Wildman–Crippen MR) is 98.6 cm³/mol. The van der Waals surface area contributed by atoms with Gasteiger partial charge >= 0.3 is 0 Å². The van der Waals surface area contributed by atoms with Crippen molar-refractivity contribution in [2.75, 3.05) is 14.2 Å². The fraction of sp³-hybridized carbons (Fsp3) is 0.111. The molecule has 3 rings (SSSR count). The molecule has 24 heavy (non-hydrogen) atoms. The van der Waals surface area contributed by atoms with Crippen LogP contribution in [0.1, 0.15) is 5.56 Å². The fourth-order valence-corrected chi connectivity index (χ4v) is 4.21. The van der Waals surface area contributed by atoms with E-state index in [2.05, 4.69) is 11.1 Å². The van der Waals surface area contributed by atoms with Crippen LogP contribution in [-0.2, 0) is 0 Å². The molecule has 0 atom stereocenters. The highest BCUT2D eigenvalue weighted by molar-refractivity contribution is 8.05. The van der Waals surface area contributed by atoms with Crippen LogP contribution in [-0.4, -0.2) is 19.2 Å². The van der Waals surface area contributed by atoms with Gasteiger partial charge < -0.3 is 9.47 Å². The molecule has 3 aromatic rings. The summed E-state index contributed by atoms with van der Waals surface area (Å²) in [5, 5.41) is 9.48. The number of nitriles is 1. The van der Waals surface area contributed by atoms with Gasteiger partial charge in [-0.1, -0.05) is 24.3 Å². The molecule has 0 bridgehead atoms. The summed E-state index contributed by atoms with van der Waals surface area (Å²) in [4.78, 5) is 5.09. The topological polar surface area (TPSA) is 55.1 Å². The molecule has 1 aromatic heterocycles. The zero-order chi connectivity index (χ0) is 16.9. The number of nitrogens with zero attached hydrogens (tertiary/aromatic N) is 2. The van der Waals surface area contributed by atoms with E-state index >= 15 is 0 Å². The van der Waals surface area contributed by atoms with Crippen molar-refractivity contribution in [3.8, 4) is 17.6 Å². The lowest BCUT2D eigenvalue weighted by molar-refractivity contribution is 0.354. The Balaban J connectivity index is 1.94. The molecule has 1 heterocycles. The van der Waals surface area contributed by atoms with E-state index < -0.39 is 0 Å². The molecule has 0 aliphatic rings. The molecule has 0 amide bonds. The lowest BCUT2D eigenvalue weighted by Crippen LogP contribution is -1.92. The highest BCUT2D eigenvalue weighted by atomic mass is 32.2. The summed E-state index contributed by atoms with van der Waals surface area (Å²) >= 11 is 2.93. The van der Waals surface area contributed by atoms with E-state index in [0.29, 0.717) is 16.4 Å². The normalized spacial score (nSPS) is 11.3.